The van der Waals surface area contributed by atoms with E-state index in [9.17, 15) is 14.3 Å². The average Bonchev–Trinajstić information content (AvgIpc) is 2.52. The molecule has 0 unspecified atom stereocenters. The molecule has 0 aromatic carbocycles. The third kappa shape index (κ3) is 1.90. The predicted octanol–water partition coefficient (Wildman–Crippen LogP) is -0.791. The third-order valence-corrected chi connectivity index (χ3v) is 3.09. The van der Waals surface area contributed by atoms with Crippen molar-refractivity contribution in [3.8, 4) is 0 Å². The molecule has 0 spiro atoms. The lowest BCUT2D eigenvalue weighted by Gasteiger charge is -2.36. The molecule has 1 saturated heterocycles. The van der Waals surface area contributed by atoms with Crippen molar-refractivity contribution in [3.05, 3.63) is 24.7 Å². The van der Waals surface area contributed by atoms with Crippen LogP contribution < -0.4 is 5.32 Å². The van der Waals surface area contributed by atoms with E-state index in [1.165, 1.54) is 24.1 Å². The van der Waals surface area contributed by atoms with Gasteiger partial charge in [0, 0.05) is 12.3 Å². The zero-order valence-corrected chi connectivity index (χ0v) is 9.84. The number of alkyl halides is 1. The van der Waals surface area contributed by atoms with Gasteiger partial charge in [-0.3, -0.25) is 4.79 Å². The van der Waals surface area contributed by atoms with Crippen molar-refractivity contribution in [3.63, 3.8) is 0 Å². The number of carbonyl (C=O) groups is 1. The van der Waals surface area contributed by atoms with E-state index in [1.54, 1.807) is 0 Å². The molecule has 2 rings (SSSR count). The minimum absolute atomic E-state index is 0.179. The molecule has 0 radical (unpaired) electrons. The molecule has 1 amide bonds. The Morgan fingerprint density at radius 1 is 1.72 bits per heavy atom. The second kappa shape index (κ2) is 4.34. The normalized spacial score (nSPS) is 40.2. The van der Waals surface area contributed by atoms with Gasteiger partial charge in [-0.05, 0) is 6.92 Å². The van der Waals surface area contributed by atoms with Crippen molar-refractivity contribution in [1.29, 1.82) is 0 Å². The quantitative estimate of drug-likeness (QED) is 0.604. The van der Waals surface area contributed by atoms with E-state index >= 15 is 0 Å². The van der Waals surface area contributed by atoms with Gasteiger partial charge in [0.2, 0.25) is 0 Å². The molecule has 2 aliphatic heterocycles. The summed E-state index contributed by atoms with van der Waals surface area (Å²) >= 11 is 0. The van der Waals surface area contributed by atoms with Gasteiger partial charge in [0.15, 0.2) is 12.4 Å². The van der Waals surface area contributed by atoms with Gasteiger partial charge in [-0.25, -0.2) is 4.39 Å². The minimum Gasteiger partial charge on any atom is -0.394 e. The number of hydrogen-bond donors (Lipinski definition) is 3. The monoisotopic (exact) mass is 258 g/mol. The van der Waals surface area contributed by atoms with Crippen LogP contribution in [0.15, 0.2) is 24.7 Å². The summed E-state index contributed by atoms with van der Waals surface area (Å²) < 4.78 is 19.1. The Bertz CT molecular complexity index is 410. The molecule has 0 aromatic rings. The molecule has 6 nitrogen and oxygen atoms in total. The largest absolute Gasteiger partial charge is 0.394 e. The summed E-state index contributed by atoms with van der Waals surface area (Å²) in [6, 6.07) is 0. The van der Waals surface area contributed by atoms with E-state index < -0.39 is 30.7 Å². The van der Waals surface area contributed by atoms with Crippen LogP contribution in [-0.2, 0) is 9.53 Å². The number of ether oxygens (including phenoxy) is 1. The maximum absolute atomic E-state index is 13.9. The van der Waals surface area contributed by atoms with Crippen molar-refractivity contribution in [2.45, 2.75) is 31.0 Å². The first kappa shape index (κ1) is 13.0. The van der Waals surface area contributed by atoms with Gasteiger partial charge in [0.05, 0.1) is 6.61 Å². The van der Waals surface area contributed by atoms with Gasteiger partial charge in [0.25, 0.3) is 5.91 Å². The molecule has 7 heteroatoms. The van der Waals surface area contributed by atoms with Gasteiger partial charge in [0.1, 0.15) is 17.5 Å². The van der Waals surface area contributed by atoms with Crippen molar-refractivity contribution in [2.75, 3.05) is 6.61 Å². The lowest BCUT2D eigenvalue weighted by Crippen LogP contribution is -2.52. The highest BCUT2D eigenvalue weighted by Crippen LogP contribution is 2.36. The molecule has 2 heterocycles. The molecular weight excluding hydrogens is 243 g/mol. The second-order valence-electron chi connectivity index (χ2n) is 4.50. The second-order valence-corrected chi connectivity index (χ2v) is 4.50. The molecule has 18 heavy (non-hydrogen) atoms. The van der Waals surface area contributed by atoms with Crippen molar-refractivity contribution in [2.24, 2.45) is 0 Å². The zero-order chi connectivity index (χ0) is 13.5. The molecule has 100 valence electrons. The van der Waals surface area contributed by atoms with E-state index in [4.69, 9.17) is 9.84 Å². The van der Waals surface area contributed by atoms with Crippen LogP contribution in [0, 0.1) is 0 Å². The number of carbonyl (C=O) groups excluding carboxylic acids is 1. The highest BCUT2D eigenvalue weighted by atomic mass is 19.1. The number of aliphatic hydroxyl groups excluding tert-OH is 1. The Morgan fingerprint density at radius 3 is 2.89 bits per heavy atom. The van der Waals surface area contributed by atoms with Crippen LogP contribution in [0.1, 0.15) is 6.92 Å². The summed E-state index contributed by atoms with van der Waals surface area (Å²) in [6.45, 7) is 4.33. The fourth-order valence-corrected chi connectivity index (χ4v) is 2.07. The Kier molecular flexibility index (Phi) is 3.14. The number of nitrogens with one attached hydrogen (secondary N) is 1. The SMILES string of the molecule is C=C1NC(=O)C=CN1[C@@H]1O[C@H](CO)[C@@H](F)[C@@]1(C)O. The molecule has 0 aromatic heterocycles. The lowest BCUT2D eigenvalue weighted by molar-refractivity contribution is -0.123. The molecule has 1 fully saturated rings. The van der Waals surface area contributed by atoms with E-state index in [0.29, 0.717) is 0 Å². The van der Waals surface area contributed by atoms with Crippen molar-refractivity contribution < 1.29 is 24.1 Å². The van der Waals surface area contributed by atoms with Crippen molar-refractivity contribution in [1.82, 2.24) is 10.2 Å². The van der Waals surface area contributed by atoms with Crippen LogP contribution in [-0.4, -0.2) is 51.7 Å². The van der Waals surface area contributed by atoms with Crippen LogP contribution in [0.4, 0.5) is 4.39 Å². The highest BCUT2D eigenvalue weighted by Gasteiger charge is 2.55. The Balaban J connectivity index is 2.26. The maximum atomic E-state index is 13.9. The first-order valence-electron chi connectivity index (χ1n) is 5.47. The van der Waals surface area contributed by atoms with Gasteiger partial charge in [-0.2, -0.15) is 0 Å². The predicted molar refractivity (Wildman–Crippen MR) is 59.5 cm³/mol. The van der Waals surface area contributed by atoms with Crippen LogP contribution in [0.2, 0.25) is 0 Å². The van der Waals surface area contributed by atoms with Crippen LogP contribution in [0.5, 0.6) is 0 Å². The third-order valence-electron chi connectivity index (χ3n) is 3.09. The number of hydrogen-bond acceptors (Lipinski definition) is 5. The Morgan fingerprint density at radius 2 is 2.39 bits per heavy atom. The fraction of sp³-hybridized carbons (Fsp3) is 0.545. The van der Waals surface area contributed by atoms with Gasteiger partial charge in [-0.15, -0.1) is 0 Å². The summed E-state index contributed by atoms with van der Waals surface area (Å²) in [5, 5.41) is 21.5. The molecule has 4 atom stereocenters. The van der Waals surface area contributed by atoms with E-state index in [2.05, 4.69) is 11.9 Å². The summed E-state index contributed by atoms with van der Waals surface area (Å²) in [4.78, 5) is 12.4. The number of aliphatic hydroxyl groups is 2. The fourth-order valence-electron chi connectivity index (χ4n) is 2.07. The lowest BCUT2D eigenvalue weighted by atomic mass is 9.97. The first-order chi connectivity index (χ1) is 8.37. The molecule has 0 saturated carbocycles. The molecule has 3 N–H and O–H groups in total. The van der Waals surface area contributed by atoms with Gasteiger partial charge >= 0.3 is 0 Å². The molecular formula is C11H15FN2O4. The number of halogens is 1. The standard InChI is InChI=1S/C11H15FN2O4/c1-6-13-8(16)3-4-14(6)10-11(2,17)9(12)7(5-15)18-10/h3-4,7,9-10,15,17H,1,5H2,2H3,(H,13,16)/t7-,9-,10-,11-/m1/s1. The van der Waals surface area contributed by atoms with E-state index in [1.807, 2.05) is 0 Å². The number of amides is 1. The average molecular weight is 258 g/mol. The summed E-state index contributed by atoms with van der Waals surface area (Å²) in [6.07, 6.45) is -1.33. The highest BCUT2D eigenvalue weighted by molar-refractivity contribution is 5.89. The van der Waals surface area contributed by atoms with E-state index in [-0.39, 0.29) is 11.7 Å². The first-order valence-corrected chi connectivity index (χ1v) is 5.47. The molecule has 0 bridgehead atoms. The van der Waals surface area contributed by atoms with Crippen molar-refractivity contribution >= 4 is 5.91 Å². The van der Waals surface area contributed by atoms with Gasteiger partial charge in [-0.1, -0.05) is 6.58 Å². The summed E-state index contributed by atoms with van der Waals surface area (Å²) in [5.74, 6) is -0.178. The Labute approximate surface area is 103 Å². The zero-order valence-electron chi connectivity index (χ0n) is 9.84. The van der Waals surface area contributed by atoms with Crippen LogP contribution in [0.25, 0.3) is 0 Å². The molecule has 2 aliphatic rings. The molecule has 0 aliphatic carbocycles. The summed E-state index contributed by atoms with van der Waals surface area (Å²) in [7, 11) is 0. The topological polar surface area (TPSA) is 82.0 Å². The smallest absolute Gasteiger partial charge is 0.250 e. The maximum Gasteiger partial charge on any atom is 0.250 e. The summed E-state index contributed by atoms with van der Waals surface area (Å²) in [5.41, 5.74) is -1.82. The van der Waals surface area contributed by atoms with Gasteiger partial charge < -0.3 is 25.2 Å². The van der Waals surface area contributed by atoms with Crippen LogP contribution >= 0.6 is 0 Å². The Hall–Kier alpha value is -1.44. The van der Waals surface area contributed by atoms with E-state index in [0.717, 1.165) is 0 Å². The number of nitrogens with zero attached hydrogens (tertiary/aromatic N) is 1. The van der Waals surface area contributed by atoms with Crippen LogP contribution in [0.3, 0.4) is 0 Å². The minimum atomic E-state index is -1.82. The number of rotatable bonds is 2.